The number of carbonyl (C=O) groups is 1. The fraction of sp³-hybridized carbons (Fsp3) is 0.364. The van der Waals surface area contributed by atoms with Crippen LogP contribution in [0.4, 0.5) is 5.69 Å². The predicted octanol–water partition coefficient (Wildman–Crippen LogP) is 0.773. The first-order valence-corrected chi connectivity index (χ1v) is 4.84. The second-order valence-corrected chi connectivity index (χ2v) is 3.22. The average molecular weight is 208 g/mol. The van der Waals surface area contributed by atoms with Crippen LogP contribution < -0.4 is 11.1 Å². The zero-order chi connectivity index (χ0) is 11.1. The number of anilines is 1. The Morgan fingerprint density at radius 1 is 1.40 bits per heavy atom. The SMILES string of the molecule is COCC(=O)Nc1ccc(CCN)cc1. The zero-order valence-corrected chi connectivity index (χ0v) is 8.82. The van der Waals surface area contributed by atoms with Crippen LogP contribution in [0.25, 0.3) is 0 Å². The van der Waals surface area contributed by atoms with Crippen LogP contribution in [0.3, 0.4) is 0 Å². The Labute approximate surface area is 89.4 Å². The molecule has 1 aromatic rings. The highest BCUT2D eigenvalue weighted by Crippen LogP contribution is 2.09. The number of nitrogens with one attached hydrogen (secondary N) is 1. The molecular weight excluding hydrogens is 192 g/mol. The van der Waals surface area contributed by atoms with Gasteiger partial charge in [0.25, 0.3) is 0 Å². The summed E-state index contributed by atoms with van der Waals surface area (Å²) in [5.41, 5.74) is 7.38. The maximum atomic E-state index is 11.2. The van der Waals surface area contributed by atoms with Crippen molar-refractivity contribution in [3.8, 4) is 0 Å². The Balaban J connectivity index is 2.52. The molecule has 0 heterocycles. The third kappa shape index (κ3) is 4.10. The van der Waals surface area contributed by atoms with Gasteiger partial charge >= 0.3 is 0 Å². The molecule has 0 aromatic heterocycles. The van der Waals surface area contributed by atoms with Gasteiger partial charge in [-0.3, -0.25) is 4.79 Å². The summed E-state index contributed by atoms with van der Waals surface area (Å²) in [4.78, 5) is 11.2. The molecule has 15 heavy (non-hydrogen) atoms. The van der Waals surface area contributed by atoms with Crippen LogP contribution in [0.2, 0.25) is 0 Å². The van der Waals surface area contributed by atoms with Gasteiger partial charge in [0, 0.05) is 12.8 Å². The minimum atomic E-state index is -0.149. The molecule has 0 bridgehead atoms. The van der Waals surface area contributed by atoms with Crippen LogP contribution in [0, 0.1) is 0 Å². The second-order valence-electron chi connectivity index (χ2n) is 3.22. The van der Waals surface area contributed by atoms with Crippen LogP contribution in [-0.4, -0.2) is 26.2 Å². The monoisotopic (exact) mass is 208 g/mol. The number of amides is 1. The summed E-state index contributed by atoms with van der Waals surface area (Å²) in [7, 11) is 1.49. The largest absolute Gasteiger partial charge is 0.375 e. The summed E-state index contributed by atoms with van der Waals surface area (Å²) in [5, 5.41) is 2.72. The zero-order valence-electron chi connectivity index (χ0n) is 8.82. The quantitative estimate of drug-likeness (QED) is 0.751. The molecule has 0 saturated carbocycles. The predicted molar refractivity (Wildman–Crippen MR) is 59.7 cm³/mol. The lowest BCUT2D eigenvalue weighted by Gasteiger charge is -2.05. The molecule has 0 fully saturated rings. The maximum Gasteiger partial charge on any atom is 0.250 e. The van der Waals surface area contributed by atoms with Gasteiger partial charge in [-0.1, -0.05) is 12.1 Å². The number of benzene rings is 1. The number of methoxy groups -OCH3 is 1. The Morgan fingerprint density at radius 2 is 2.07 bits per heavy atom. The number of ether oxygens (including phenoxy) is 1. The minimum absolute atomic E-state index is 0.0740. The van der Waals surface area contributed by atoms with Crippen LogP contribution in [0.1, 0.15) is 5.56 Å². The fourth-order valence-corrected chi connectivity index (χ4v) is 1.25. The van der Waals surface area contributed by atoms with Gasteiger partial charge in [0.1, 0.15) is 6.61 Å². The van der Waals surface area contributed by atoms with Crippen molar-refractivity contribution in [1.29, 1.82) is 0 Å². The topological polar surface area (TPSA) is 64.3 Å². The van der Waals surface area contributed by atoms with E-state index in [4.69, 9.17) is 10.5 Å². The summed E-state index contributed by atoms with van der Waals surface area (Å²) in [6, 6.07) is 7.63. The summed E-state index contributed by atoms with van der Waals surface area (Å²) in [6.07, 6.45) is 0.853. The Hall–Kier alpha value is -1.39. The lowest BCUT2D eigenvalue weighted by molar-refractivity contribution is -0.119. The molecule has 82 valence electrons. The van der Waals surface area contributed by atoms with E-state index >= 15 is 0 Å². The smallest absolute Gasteiger partial charge is 0.250 e. The minimum Gasteiger partial charge on any atom is -0.375 e. The Bertz CT molecular complexity index is 309. The number of hydrogen-bond donors (Lipinski definition) is 2. The van der Waals surface area contributed by atoms with Gasteiger partial charge in [-0.05, 0) is 30.7 Å². The molecular formula is C11H16N2O2. The highest BCUT2D eigenvalue weighted by atomic mass is 16.5. The van der Waals surface area contributed by atoms with E-state index < -0.39 is 0 Å². The van der Waals surface area contributed by atoms with E-state index in [-0.39, 0.29) is 12.5 Å². The molecule has 4 nitrogen and oxygen atoms in total. The molecule has 0 radical (unpaired) electrons. The molecule has 0 unspecified atom stereocenters. The van der Waals surface area contributed by atoms with Crippen molar-refractivity contribution in [3.63, 3.8) is 0 Å². The molecule has 0 saturated heterocycles. The molecule has 0 aliphatic rings. The molecule has 1 aromatic carbocycles. The molecule has 4 heteroatoms. The van der Waals surface area contributed by atoms with Gasteiger partial charge in [-0.15, -0.1) is 0 Å². The number of hydrogen-bond acceptors (Lipinski definition) is 3. The number of carbonyl (C=O) groups excluding carboxylic acids is 1. The molecule has 0 atom stereocenters. The summed E-state index contributed by atoms with van der Waals surface area (Å²) in [6.45, 7) is 0.708. The molecule has 3 N–H and O–H groups in total. The first-order chi connectivity index (χ1) is 7.26. The molecule has 1 amide bonds. The maximum absolute atomic E-state index is 11.2. The Kier molecular flexibility index (Phi) is 4.80. The van der Waals surface area contributed by atoms with Crippen LogP contribution >= 0.6 is 0 Å². The van der Waals surface area contributed by atoms with E-state index in [0.29, 0.717) is 6.54 Å². The van der Waals surface area contributed by atoms with Crippen molar-refractivity contribution in [2.75, 3.05) is 25.6 Å². The van der Waals surface area contributed by atoms with Gasteiger partial charge in [0.2, 0.25) is 5.91 Å². The van der Waals surface area contributed by atoms with E-state index in [1.165, 1.54) is 12.7 Å². The molecule has 0 aliphatic heterocycles. The first kappa shape index (κ1) is 11.7. The van der Waals surface area contributed by atoms with Crippen molar-refractivity contribution in [2.24, 2.45) is 5.73 Å². The molecule has 1 rings (SSSR count). The fourth-order valence-electron chi connectivity index (χ4n) is 1.25. The highest BCUT2D eigenvalue weighted by Gasteiger charge is 2.00. The van der Waals surface area contributed by atoms with Crippen LogP contribution in [0.15, 0.2) is 24.3 Å². The standard InChI is InChI=1S/C11H16N2O2/c1-15-8-11(14)13-10-4-2-9(3-5-10)6-7-12/h2-5H,6-8,12H2,1H3,(H,13,14). The Morgan fingerprint density at radius 3 is 2.60 bits per heavy atom. The third-order valence-electron chi connectivity index (χ3n) is 1.95. The highest BCUT2D eigenvalue weighted by molar-refractivity contribution is 5.91. The molecule has 0 spiro atoms. The summed E-state index contributed by atoms with van der Waals surface area (Å²) in [5.74, 6) is -0.149. The van der Waals surface area contributed by atoms with Gasteiger partial charge < -0.3 is 15.8 Å². The summed E-state index contributed by atoms with van der Waals surface area (Å²) < 4.78 is 4.71. The second kappa shape index (κ2) is 6.16. The van der Waals surface area contributed by atoms with E-state index in [9.17, 15) is 4.79 Å². The number of rotatable bonds is 5. The average Bonchev–Trinajstić information content (AvgIpc) is 2.22. The van der Waals surface area contributed by atoms with Crippen molar-refractivity contribution >= 4 is 11.6 Å². The number of nitrogens with two attached hydrogens (primary N) is 1. The molecule has 0 aliphatic carbocycles. The normalized spacial score (nSPS) is 10.0. The van der Waals surface area contributed by atoms with E-state index in [2.05, 4.69) is 5.32 Å². The van der Waals surface area contributed by atoms with Gasteiger partial charge in [-0.2, -0.15) is 0 Å². The lowest BCUT2D eigenvalue weighted by Crippen LogP contribution is -2.17. The van der Waals surface area contributed by atoms with Crippen molar-refractivity contribution in [3.05, 3.63) is 29.8 Å². The first-order valence-electron chi connectivity index (χ1n) is 4.84. The summed E-state index contributed by atoms with van der Waals surface area (Å²) >= 11 is 0. The van der Waals surface area contributed by atoms with Crippen molar-refractivity contribution in [2.45, 2.75) is 6.42 Å². The van der Waals surface area contributed by atoms with Gasteiger partial charge in [0.05, 0.1) is 0 Å². The third-order valence-corrected chi connectivity index (χ3v) is 1.95. The van der Waals surface area contributed by atoms with E-state index in [0.717, 1.165) is 12.1 Å². The van der Waals surface area contributed by atoms with Crippen LogP contribution in [-0.2, 0) is 16.0 Å². The van der Waals surface area contributed by atoms with E-state index in [1.54, 1.807) is 0 Å². The lowest BCUT2D eigenvalue weighted by atomic mass is 10.1. The van der Waals surface area contributed by atoms with Crippen molar-refractivity contribution in [1.82, 2.24) is 0 Å². The van der Waals surface area contributed by atoms with Gasteiger partial charge in [0.15, 0.2) is 0 Å². The van der Waals surface area contributed by atoms with E-state index in [1.807, 2.05) is 24.3 Å². The van der Waals surface area contributed by atoms with Crippen molar-refractivity contribution < 1.29 is 9.53 Å². The van der Waals surface area contributed by atoms with Gasteiger partial charge in [-0.25, -0.2) is 0 Å². The van der Waals surface area contributed by atoms with Crippen LogP contribution in [0.5, 0.6) is 0 Å².